The number of imidazole rings is 1. The standard InChI is InChI=1S/C20H24N8O2S/c1-20(2,3)30-19(29)25-16-11-7-8-13(23-16)12-31-18-24-14-9-5-6-10-15(14)28(18)17(21)27(4)26-22/h5-11,21-22H,12H2,1-4H3,(H,23,25,29). The topological polar surface area (TPSA) is 132 Å². The van der Waals surface area contributed by atoms with E-state index in [2.05, 4.69) is 20.5 Å². The summed E-state index contributed by atoms with van der Waals surface area (Å²) in [5.41, 5.74) is 8.82. The number of fused-ring (bicyclic) bond motifs is 1. The first-order chi connectivity index (χ1) is 14.7. The van der Waals surface area contributed by atoms with Crippen LogP contribution in [0, 0.1) is 10.9 Å². The van der Waals surface area contributed by atoms with Crippen molar-refractivity contribution in [3.8, 4) is 0 Å². The molecule has 0 saturated carbocycles. The molecule has 0 bridgehead atoms. The number of aromatic nitrogens is 3. The van der Waals surface area contributed by atoms with Crippen molar-refractivity contribution in [1.29, 1.82) is 10.9 Å². The van der Waals surface area contributed by atoms with Gasteiger partial charge in [0.1, 0.15) is 11.4 Å². The molecule has 0 aliphatic carbocycles. The van der Waals surface area contributed by atoms with E-state index in [1.165, 1.54) is 18.8 Å². The van der Waals surface area contributed by atoms with Crippen LogP contribution in [0.15, 0.2) is 52.8 Å². The van der Waals surface area contributed by atoms with Gasteiger partial charge in [-0.2, -0.15) is 5.53 Å². The average Bonchev–Trinajstić information content (AvgIpc) is 3.08. The smallest absolute Gasteiger partial charge is 0.413 e. The number of benzene rings is 1. The number of nitrogens with one attached hydrogen (secondary N) is 3. The highest BCUT2D eigenvalue weighted by molar-refractivity contribution is 7.98. The maximum atomic E-state index is 12.0. The zero-order valence-corrected chi connectivity index (χ0v) is 18.5. The summed E-state index contributed by atoms with van der Waals surface area (Å²) in [5.74, 6) is 0.864. The molecule has 2 heterocycles. The first kappa shape index (κ1) is 22.2. The van der Waals surface area contributed by atoms with E-state index in [9.17, 15) is 4.79 Å². The van der Waals surface area contributed by atoms with Crippen molar-refractivity contribution in [3.05, 3.63) is 48.2 Å². The number of ether oxygens (including phenoxy) is 1. The molecule has 0 fully saturated rings. The third-order valence-electron chi connectivity index (χ3n) is 3.98. The second-order valence-corrected chi connectivity index (χ2v) is 8.54. The van der Waals surface area contributed by atoms with Crippen molar-refractivity contribution in [3.63, 3.8) is 0 Å². The van der Waals surface area contributed by atoms with Gasteiger partial charge in [-0.25, -0.2) is 19.8 Å². The van der Waals surface area contributed by atoms with Crippen LogP contribution >= 0.6 is 11.8 Å². The van der Waals surface area contributed by atoms with Gasteiger partial charge in [-0.1, -0.05) is 35.2 Å². The molecule has 0 unspecified atom stereocenters. The number of carbonyl (C=O) groups is 1. The second-order valence-electron chi connectivity index (χ2n) is 7.60. The van der Waals surface area contributed by atoms with Crippen LogP contribution < -0.4 is 5.32 Å². The number of para-hydroxylation sites is 2. The number of hydrogen-bond donors (Lipinski definition) is 3. The van der Waals surface area contributed by atoms with E-state index >= 15 is 0 Å². The van der Waals surface area contributed by atoms with Gasteiger partial charge in [0.15, 0.2) is 5.16 Å². The molecular weight excluding hydrogens is 416 g/mol. The van der Waals surface area contributed by atoms with Crippen molar-refractivity contribution in [2.24, 2.45) is 5.22 Å². The predicted octanol–water partition coefficient (Wildman–Crippen LogP) is 4.73. The van der Waals surface area contributed by atoms with Gasteiger partial charge in [-0.15, -0.1) is 0 Å². The number of hydrogen-bond acceptors (Lipinski definition) is 8. The molecule has 1 aromatic carbocycles. The van der Waals surface area contributed by atoms with Crippen LogP contribution in [0.2, 0.25) is 0 Å². The van der Waals surface area contributed by atoms with Crippen molar-refractivity contribution in [1.82, 2.24) is 19.5 Å². The fraction of sp³-hybridized carbons (Fsp3) is 0.300. The summed E-state index contributed by atoms with van der Waals surface area (Å²) >= 11 is 1.39. The number of pyridine rings is 1. The van der Waals surface area contributed by atoms with Crippen LogP contribution in [0.3, 0.4) is 0 Å². The van der Waals surface area contributed by atoms with Crippen LogP contribution in [0.4, 0.5) is 10.6 Å². The lowest BCUT2D eigenvalue weighted by atomic mass is 10.2. The molecule has 0 spiro atoms. The van der Waals surface area contributed by atoms with Gasteiger partial charge in [0, 0.05) is 12.8 Å². The number of anilines is 1. The summed E-state index contributed by atoms with van der Waals surface area (Å²) in [7, 11) is 1.53. The van der Waals surface area contributed by atoms with Gasteiger partial charge in [0.25, 0.3) is 0 Å². The van der Waals surface area contributed by atoms with Crippen LogP contribution in [-0.2, 0) is 10.5 Å². The van der Waals surface area contributed by atoms with Gasteiger partial charge in [0.2, 0.25) is 5.96 Å². The molecule has 0 saturated heterocycles. The Morgan fingerprint density at radius 3 is 2.68 bits per heavy atom. The Morgan fingerprint density at radius 2 is 1.97 bits per heavy atom. The number of nitrogens with zero attached hydrogens (tertiary/aromatic N) is 5. The normalized spacial score (nSPS) is 11.2. The fourth-order valence-electron chi connectivity index (χ4n) is 2.67. The van der Waals surface area contributed by atoms with E-state index in [4.69, 9.17) is 15.7 Å². The minimum absolute atomic E-state index is 0.0134. The molecule has 162 valence electrons. The van der Waals surface area contributed by atoms with Gasteiger partial charge >= 0.3 is 6.09 Å². The van der Waals surface area contributed by atoms with Crippen LogP contribution in [0.1, 0.15) is 26.5 Å². The van der Waals surface area contributed by atoms with E-state index in [0.29, 0.717) is 16.7 Å². The summed E-state index contributed by atoms with van der Waals surface area (Å²) in [4.78, 5) is 21.1. The Bertz CT molecular complexity index is 1120. The van der Waals surface area contributed by atoms with E-state index in [-0.39, 0.29) is 5.96 Å². The first-order valence-electron chi connectivity index (χ1n) is 9.44. The van der Waals surface area contributed by atoms with Crippen molar-refractivity contribution in [2.75, 3.05) is 12.4 Å². The third-order valence-corrected chi connectivity index (χ3v) is 4.96. The summed E-state index contributed by atoms with van der Waals surface area (Å²) in [5, 5.41) is 16.1. The number of carbonyl (C=O) groups excluding carboxylic acids is 1. The van der Waals surface area contributed by atoms with E-state index in [1.807, 2.05) is 30.3 Å². The molecule has 0 aliphatic heterocycles. The fourth-order valence-corrected chi connectivity index (χ4v) is 3.59. The van der Waals surface area contributed by atoms with E-state index in [0.717, 1.165) is 21.7 Å². The largest absolute Gasteiger partial charge is 0.444 e. The molecule has 3 rings (SSSR count). The molecule has 0 atom stereocenters. The van der Waals surface area contributed by atoms with Gasteiger partial charge in [0.05, 0.1) is 16.7 Å². The zero-order chi connectivity index (χ0) is 22.6. The Morgan fingerprint density at radius 1 is 1.23 bits per heavy atom. The van der Waals surface area contributed by atoms with E-state index in [1.54, 1.807) is 37.5 Å². The van der Waals surface area contributed by atoms with Crippen LogP contribution in [0.5, 0.6) is 0 Å². The number of amides is 1. The van der Waals surface area contributed by atoms with Crippen molar-refractivity contribution in [2.45, 2.75) is 37.3 Å². The first-order valence-corrected chi connectivity index (χ1v) is 10.4. The zero-order valence-electron chi connectivity index (χ0n) is 17.7. The maximum absolute atomic E-state index is 12.0. The second kappa shape index (κ2) is 9.13. The highest BCUT2D eigenvalue weighted by Gasteiger charge is 2.19. The Kier molecular flexibility index (Phi) is 6.54. The quantitative estimate of drug-likeness (QED) is 0.173. The molecule has 1 amide bonds. The highest BCUT2D eigenvalue weighted by Crippen LogP contribution is 2.27. The molecule has 0 aliphatic rings. The number of rotatable bonds is 5. The summed E-state index contributed by atoms with van der Waals surface area (Å²) in [6.07, 6.45) is -0.567. The van der Waals surface area contributed by atoms with Gasteiger partial charge in [-0.05, 0) is 45.0 Å². The van der Waals surface area contributed by atoms with Crippen LogP contribution in [-0.4, -0.2) is 44.2 Å². The lowest BCUT2D eigenvalue weighted by molar-refractivity contribution is 0.0635. The molecular formula is C20H24N8O2S. The van der Waals surface area contributed by atoms with Gasteiger partial charge < -0.3 is 4.74 Å². The van der Waals surface area contributed by atoms with E-state index < -0.39 is 11.7 Å². The Hall–Kier alpha value is -3.47. The third kappa shape index (κ3) is 5.57. The Balaban J connectivity index is 1.79. The molecule has 2 aromatic heterocycles. The van der Waals surface area contributed by atoms with Crippen molar-refractivity contribution < 1.29 is 9.53 Å². The maximum Gasteiger partial charge on any atom is 0.413 e. The summed E-state index contributed by atoms with van der Waals surface area (Å²) in [6.45, 7) is 5.38. The minimum atomic E-state index is -0.598. The molecule has 3 aromatic rings. The molecule has 10 nitrogen and oxygen atoms in total. The lowest BCUT2D eigenvalue weighted by Gasteiger charge is -2.19. The molecule has 0 radical (unpaired) electrons. The van der Waals surface area contributed by atoms with Crippen molar-refractivity contribution >= 4 is 40.7 Å². The monoisotopic (exact) mass is 440 g/mol. The molecule has 31 heavy (non-hydrogen) atoms. The number of thioether (sulfide) groups is 1. The average molecular weight is 441 g/mol. The lowest BCUT2D eigenvalue weighted by Crippen LogP contribution is -2.27. The molecule has 11 heteroatoms. The SMILES string of the molecule is CN(N=N)C(=N)n1c(SCc2cccc(NC(=O)OC(C)(C)C)n2)nc2ccccc21. The van der Waals surface area contributed by atoms with Gasteiger partial charge in [-0.3, -0.25) is 15.3 Å². The highest BCUT2D eigenvalue weighted by atomic mass is 32.2. The molecule has 3 N–H and O–H groups in total. The Labute approximate surface area is 184 Å². The predicted molar refractivity (Wildman–Crippen MR) is 119 cm³/mol. The minimum Gasteiger partial charge on any atom is -0.444 e. The van der Waals surface area contributed by atoms with Crippen LogP contribution in [0.25, 0.3) is 11.0 Å². The summed E-state index contributed by atoms with van der Waals surface area (Å²) in [6, 6.07) is 12.8. The summed E-state index contributed by atoms with van der Waals surface area (Å²) < 4.78 is 6.90.